The minimum Gasteiger partial charge on any atom is -0.448 e. The van der Waals surface area contributed by atoms with Crippen LogP contribution >= 0.6 is 43.5 Å². The SMILES string of the molecule is O=C1NC(=O)N(c2ccccc2Cl)C(=O)/C1=C/c1cc(Br)cc(Br)c1Oc1ccc([N+](=O)[O-])cc1[N+](=O)[O-]. The van der Waals surface area contributed by atoms with Gasteiger partial charge < -0.3 is 4.74 Å². The van der Waals surface area contributed by atoms with Crippen molar-refractivity contribution in [3.05, 3.63) is 99.9 Å². The Balaban J connectivity index is 1.83. The highest BCUT2D eigenvalue weighted by Gasteiger charge is 2.38. The molecule has 4 rings (SSSR count). The predicted molar refractivity (Wildman–Crippen MR) is 142 cm³/mol. The van der Waals surface area contributed by atoms with E-state index in [1.54, 1.807) is 12.1 Å². The van der Waals surface area contributed by atoms with E-state index in [2.05, 4.69) is 37.2 Å². The van der Waals surface area contributed by atoms with Crippen LogP contribution in [0.4, 0.5) is 21.9 Å². The van der Waals surface area contributed by atoms with Crippen molar-refractivity contribution in [2.24, 2.45) is 0 Å². The average molecular weight is 667 g/mol. The first kappa shape index (κ1) is 26.9. The summed E-state index contributed by atoms with van der Waals surface area (Å²) in [7, 11) is 0. The van der Waals surface area contributed by atoms with Crippen LogP contribution in [0.5, 0.6) is 11.5 Å². The molecule has 0 saturated carbocycles. The summed E-state index contributed by atoms with van der Waals surface area (Å²) in [5.74, 6) is -2.36. The molecule has 0 bridgehead atoms. The van der Waals surface area contributed by atoms with Crippen molar-refractivity contribution < 1.29 is 29.0 Å². The molecule has 3 aromatic rings. The number of halogens is 3. The highest BCUT2D eigenvalue weighted by molar-refractivity contribution is 9.11. The van der Waals surface area contributed by atoms with E-state index in [1.807, 2.05) is 0 Å². The van der Waals surface area contributed by atoms with Crippen molar-refractivity contribution >= 4 is 84.4 Å². The molecule has 15 heteroatoms. The van der Waals surface area contributed by atoms with Crippen molar-refractivity contribution in [2.45, 2.75) is 0 Å². The van der Waals surface area contributed by atoms with Gasteiger partial charge in [-0.25, -0.2) is 9.69 Å². The number of hydrogen-bond donors (Lipinski definition) is 1. The smallest absolute Gasteiger partial charge is 0.335 e. The minimum absolute atomic E-state index is 0.0449. The third kappa shape index (κ3) is 5.27. The summed E-state index contributed by atoms with van der Waals surface area (Å²) < 4.78 is 6.50. The third-order valence-corrected chi connectivity index (χ3v) is 6.46. The molecule has 0 spiro atoms. The first-order valence-electron chi connectivity index (χ1n) is 10.2. The quantitative estimate of drug-likeness (QED) is 0.142. The lowest BCUT2D eigenvalue weighted by molar-refractivity contribution is -0.394. The molecular formula is C23H11Br2ClN4O8. The van der Waals surface area contributed by atoms with Gasteiger partial charge in [0.1, 0.15) is 11.3 Å². The lowest BCUT2D eigenvalue weighted by atomic mass is 10.1. The second-order valence-electron chi connectivity index (χ2n) is 7.48. The van der Waals surface area contributed by atoms with Gasteiger partial charge in [-0.15, -0.1) is 0 Å². The van der Waals surface area contributed by atoms with Gasteiger partial charge in [-0.05, 0) is 52.3 Å². The van der Waals surface area contributed by atoms with Gasteiger partial charge in [0.05, 0.1) is 31.1 Å². The molecule has 0 atom stereocenters. The highest BCUT2D eigenvalue weighted by atomic mass is 79.9. The Morgan fingerprint density at radius 2 is 1.68 bits per heavy atom. The van der Waals surface area contributed by atoms with Crippen molar-refractivity contribution in [1.29, 1.82) is 0 Å². The first-order valence-corrected chi connectivity index (χ1v) is 12.2. The van der Waals surface area contributed by atoms with E-state index < -0.39 is 44.6 Å². The number of nitro groups is 2. The van der Waals surface area contributed by atoms with Crippen LogP contribution in [0.25, 0.3) is 6.08 Å². The molecule has 4 amide bonds. The lowest BCUT2D eigenvalue weighted by Crippen LogP contribution is -2.54. The summed E-state index contributed by atoms with van der Waals surface area (Å²) in [4.78, 5) is 60.1. The summed E-state index contributed by atoms with van der Waals surface area (Å²) in [6, 6.07) is 10.9. The zero-order valence-corrected chi connectivity index (χ0v) is 22.4. The van der Waals surface area contributed by atoms with Crippen LogP contribution in [-0.2, 0) is 9.59 Å². The van der Waals surface area contributed by atoms with Crippen LogP contribution in [0.3, 0.4) is 0 Å². The number of urea groups is 1. The fourth-order valence-corrected chi connectivity index (χ4v) is 4.98. The van der Waals surface area contributed by atoms with E-state index in [9.17, 15) is 34.6 Å². The Kier molecular flexibility index (Phi) is 7.57. The van der Waals surface area contributed by atoms with Gasteiger partial charge >= 0.3 is 11.7 Å². The Morgan fingerprint density at radius 1 is 0.974 bits per heavy atom. The number of nitro benzene ring substituents is 2. The Morgan fingerprint density at radius 3 is 2.34 bits per heavy atom. The standard InChI is InChI=1S/C23H11Br2ClN4O8/c24-12-7-11(8-14-21(31)27-23(33)28(22(14)32)17-4-2-1-3-16(17)26)20(15(25)9-12)38-19-6-5-13(29(34)35)10-18(19)30(36)37/h1-10H,(H,27,31,33)/b14-8+. The molecule has 1 N–H and O–H groups in total. The van der Waals surface area contributed by atoms with Crippen molar-refractivity contribution in [3.8, 4) is 11.5 Å². The molecule has 1 fully saturated rings. The Hall–Kier alpha value is -4.14. The third-order valence-electron chi connectivity index (χ3n) is 5.09. The van der Waals surface area contributed by atoms with Gasteiger partial charge in [0.25, 0.3) is 17.5 Å². The average Bonchev–Trinajstić information content (AvgIpc) is 2.84. The molecular weight excluding hydrogens is 656 g/mol. The second-order valence-corrected chi connectivity index (χ2v) is 9.66. The molecule has 0 aromatic heterocycles. The highest BCUT2D eigenvalue weighted by Crippen LogP contribution is 2.41. The van der Waals surface area contributed by atoms with E-state index in [1.165, 1.54) is 24.3 Å². The number of non-ortho nitro benzene ring substituents is 1. The second kappa shape index (κ2) is 10.7. The molecule has 0 radical (unpaired) electrons. The number of benzene rings is 3. The van der Waals surface area contributed by atoms with Crippen LogP contribution in [0, 0.1) is 20.2 Å². The Bertz CT molecular complexity index is 1590. The number of barbiturate groups is 1. The fourth-order valence-electron chi connectivity index (χ4n) is 3.42. The number of amides is 4. The topological polar surface area (TPSA) is 162 Å². The summed E-state index contributed by atoms with van der Waals surface area (Å²) in [6.07, 6.45) is 1.13. The number of anilines is 1. The normalized spacial score (nSPS) is 14.4. The zero-order valence-electron chi connectivity index (χ0n) is 18.5. The maximum atomic E-state index is 13.3. The molecule has 0 unspecified atom stereocenters. The van der Waals surface area contributed by atoms with Crippen molar-refractivity contribution in [2.75, 3.05) is 4.90 Å². The Labute approximate surface area is 234 Å². The minimum atomic E-state index is -1.00. The molecule has 12 nitrogen and oxygen atoms in total. The summed E-state index contributed by atoms with van der Waals surface area (Å²) in [6.45, 7) is 0. The number of carbonyl (C=O) groups is 3. The van der Waals surface area contributed by atoms with Crippen LogP contribution < -0.4 is 15.0 Å². The molecule has 192 valence electrons. The van der Waals surface area contributed by atoms with Crippen LogP contribution in [0.15, 0.2) is 69.1 Å². The fraction of sp³-hybridized carbons (Fsp3) is 0. The summed E-state index contributed by atoms with van der Waals surface area (Å²) in [5.41, 5.74) is -1.52. The number of rotatable bonds is 6. The molecule has 1 aliphatic rings. The maximum absolute atomic E-state index is 13.3. The van der Waals surface area contributed by atoms with E-state index in [0.29, 0.717) is 9.37 Å². The van der Waals surface area contributed by atoms with E-state index >= 15 is 0 Å². The van der Waals surface area contributed by atoms with Gasteiger partial charge in [-0.3, -0.25) is 35.1 Å². The van der Waals surface area contributed by atoms with E-state index in [0.717, 1.165) is 24.3 Å². The molecule has 1 heterocycles. The number of imide groups is 2. The van der Waals surface area contributed by atoms with Crippen molar-refractivity contribution in [1.82, 2.24) is 5.32 Å². The van der Waals surface area contributed by atoms with Gasteiger partial charge in [0.15, 0.2) is 0 Å². The monoisotopic (exact) mass is 664 g/mol. The number of nitrogens with zero attached hydrogens (tertiary/aromatic N) is 3. The van der Waals surface area contributed by atoms with E-state index in [4.69, 9.17) is 16.3 Å². The first-order chi connectivity index (χ1) is 18.0. The largest absolute Gasteiger partial charge is 0.448 e. The van der Waals surface area contributed by atoms with Crippen LogP contribution in [0.2, 0.25) is 5.02 Å². The van der Waals surface area contributed by atoms with Crippen LogP contribution in [0.1, 0.15) is 5.56 Å². The molecule has 0 aliphatic carbocycles. The lowest BCUT2D eigenvalue weighted by Gasteiger charge is -2.27. The van der Waals surface area contributed by atoms with E-state index in [-0.39, 0.29) is 32.2 Å². The molecule has 3 aromatic carbocycles. The maximum Gasteiger partial charge on any atom is 0.335 e. The van der Waals surface area contributed by atoms with Gasteiger partial charge in [0.2, 0.25) is 5.75 Å². The molecule has 1 aliphatic heterocycles. The van der Waals surface area contributed by atoms with Gasteiger partial charge in [-0.2, -0.15) is 0 Å². The van der Waals surface area contributed by atoms with Crippen LogP contribution in [-0.4, -0.2) is 27.7 Å². The van der Waals surface area contributed by atoms with Gasteiger partial charge in [0, 0.05) is 16.1 Å². The molecule has 38 heavy (non-hydrogen) atoms. The number of ether oxygens (including phenoxy) is 1. The molecule has 1 saturated heterocycles. The van der Waals surface area contributed by atoms with Gasteiger partial charge in [-0.1, -0.05) is 39.7 Å². The van der Waals surface area contributed by atoms with Crippen molar-refractivity contribution in [3.63, 3.8) is 0 Å². The summed E-state index contributed by atoms with van der Waals surface area (Å²) >= 11 is 12.7. The predicted octanol–water partition coefficient (Wildman–Crippen LogP) is 6.14. The number of para-hydroxylation sites is 1. The summed E-state index contributed by atoms with van der Waals surface area (Å²) in [5, 5.41) is 24.8. The zero-order chi connectivity index (χ0) is 27.7. The number of carbonyl (C=O) groups excluding carboxylic acids is 3. The number of hydrogen-bond acceptors (Lipinski definition) is 8. The number of nitrogens with one attached hydrogen (secondary N) is 1.